The second-order valence-corrected chi connectivity index (χ2v) is 7.95. The molecule has 0 bridgehead atoms. The monoisotopic (exact) mass is 198 g/mol. The molecule has 0 radical (unpaired) electrons. The lowest BCUT2D eigenvalue weighted by atomic mass is 10.4. The van der Waals surface area contributed by atoms with Crippen molar-refractivity contribution in [1.29, 1.82) is 0 Å². The van der Waals surface area contributed by atoms with E-state index in [0.29, 0.717) is 0 Å². The average Bonchev–Trinajstić information content (AvgIpc) is 1.88. The molecule has 0 saturated carbocycles. The molecule has 62 valence electrons. The first kappa shape index (κ1) is 10.8. The zero-order valence-electron chi connectivity index (χ0n) is 6.74. The molecule has 0 nitrogen and oxygen atoms in total. The van der Waals surface area contributed by atoms with Crippen LogP contribution in [-0.2, 0) is 0 Å². The van der Waals surface area contributed by atoms with Crippen LogP contribution in [0.3, 0.4) is 0 Å². The largest absolute Gasteiger partial charge is 0.171 e. The second-order valence-electron chi connectivity index (χ2n) is 2.94. The van der Waals surface area contributed by atoms with Crippen LogP contribution in [0.2, 0.25) is 11.6 Å². The van der Waals surface area contributed by atoms with Crippen LogP contribution in [0, 0.1) is 0 Å². The van der Waals surface area contributed by atoms with E-state index in [1.54, 1.807) is 0 Å². The van der Waals surface area contributed by atoms with Gasteiger partial charge in [0, 0.05) is 5.88 Å². The Balaban J connectivity index is 3.13. The van der Waals surface area contributed by atoms with Gasteiger partial charge < -0.3 is 0 Å². The summed E-state index contributed by atoms with van der Waals surface area (Å²) in [7, 11) is -0.893. The van der Waals surface area contributed by atoms with Crippen molar-refractivity contribution in [2.75, 3.05) is 5.88 Å². The number of unbranched alkanes of at least 4 members (excludes halogenated alkanes) is 1. The van der Waals surface area contributed by atoms with Gasteiger partial charge in [0.05, 0.1) is 0 Å². The lowest BCUT2D eigenvalue weighted by molar-refractivity contribution is 0.871. The van der Waals surface area contributed by atoms with Crippen molar-refractivity contribution in [3.63, 3.8) is 0 Å². The Morgan fingerprint density at radius 1 is 1.30 bits per heavy atom. The molecule has 0 aliphatic heterocycles. The highest BCUT2D eigenvalue weighted by Gasteiger charge is 2.10. The van der Waals surface area contributed by atoms with Gasteiger partial charge in [-0.1, -0.05) is 20.3 Å². The Hall–Kier alpha value is 0.797. The van der Waals surface area contributed by atoms with E-state index in [-0.39, 0.29) is 0 Å². The van der Waals surface area contributed by atoms with Crippen LogP contribution in [0.5, 0.6) is 0 Å². The Bertz CT molecular complexity index is 76.0. The highest BCUT2D eigenvalue weighted by Crippen LogP contribution is 2.17. The summed E-state index contributed by atoms with van der Waals surface area (Å²) in [4.78, 5) is 0. The van der Waals surface area contributed by atoms with Crippen LogP contribution in [0.15, 0.2) is 0 Å². The lowest BCUT2D eigenvalue weighted by Gasteiger charge is -2.09. The van der Waals surface area contributed by atoms with Crippen molar-refractivity contribution >= 4 is 30.8 Å². The zero-order valence-corrected chi connectivity index (χ0v) is 9.41. The molecule has 0 saturated heterocycles. The Kier molecular flexibility index (Phi) is 7.02. The molecule has 0 amide bonds. The van der Waals surface area contributed by atoms with E-state index in [2.05, 4.69) is 13.8 Å². The van der Waals surface area contributed by atoms with Crippen molar-refractivity contribution in [1.82, 2.24) is 0 Å². The maximum atomic E-state index is 6.15. The van der Waals surface area contributed by atoms with Crippen LogP contribution in [0.4, 0.5) is 0 Å². The smallest absolute Gasteiger partial charge is 0.143 e. The quantitative estimate of drug-likeness (QED) is 0.275. The van der Waals surface area contributed by atoms with Gasteiger partial charge in [-0.15, -0.1) is 11.6 Å². The number of rotatable bonds is 5. The minimum Gasteiger partial charge on any atom is -0.171 e. The van der Waals surface area contributed by atoms with Gasteiger partial charge in [0.1, 0.15) is 8.11 Å². The van der Waals surface area contributed by atoms with Crippen molar-refractivity contribution in [3.8, 4) is 0 Å². The fraction of sp³-hybridized carbons (Fsp3) is 1.00. The maximum Gasteiger partial charge on any atom is 0.143 e. The van der Waals surface area contributed by atoms with E-state index >= 15 is 0 Å². The van der Waals surface area contributed by atoms with Crippen LogP contribution < -0.4 is 0 Å². The van der Waals surface area contributed by atoms with Crippen LogP contribution >= 0.6 is 22.7 Å². The van der Waals surface area contributed by atoms with Crippen molar-refractivity contribution in [3.05, 3.63) is 0 Å². The third kappa shape index (κ3) is 5.57. The topological polar surface area (TPSA) is 0 Å². The van der Waals surface area contributed by atoms with Gasteiger partial charge in [0.25, 0.3) is 0 Å². The van der Waals surface area contributed by atoms with E-state index in [1.165, 1.54) is 12.5 Å². The number of hydrogen-bond acceptors (Lipinski definition) is 0. The third-order valence-corrected chi connectivity index (χ3v) is 6.43. The molecular weight excluding hydrogens is 183 g/mol. The molecule has 0 spiro atoms. The Labute approximate surface area is 75.2 Å². The summed E-state index contributed by atoms with van der Waals surface area (Å²) in [5, 5.41) is 0. The summed E-state index contributed by atoms with van der Waals surface area (Å²) in [6, 6.07) is 1.24. The van der Waals surface area contributed by atoms with Gasteiger partial charge in [-0.3, -0.25) is 0 Å². The van der Waals surface area contributed by atoms with Gasteiger partial charge in [0.15, 0.2) is 0 Å². The summed E-state index contributed by atoms with van der Waals surface area (Å²) in [5.41, 5.74) is 0.733. The van der Waals surface area contributed by atoms with Crippen LogP contribution in [0.25, 0.3) is 0 Å². The molecule has 0 aromatic carbocycles. The normalized spacial score (nSPS) is 14.1. The Morgan fingerprint density at radius 2 is 1.90 bits per heavy atom. The molecule has 0 aromatic heterocycles. The van der Waals surface area contributed by atoms with Crippen molar-refractivity contribution in [2.24, 2.45) is 0 Å². The zero-order chi connectivity index (χ0) is 7.98. The molecule has 0 rings (SSSR count). The summed E-state index contributed by atoms with van der Waals surface area (Å²) in [6.07, 6.45) is 2.35. The first-order valence-electron chi connectivity index (χ1n) is 3.88. The third-order valence-electron chi connectivity index (χ3n) is 1.59. The van der Waals surface area contributed by atoms with Crippen molar-refractivity contribution in [2.45, 2.75) is 38.3 Å². The first-order chi connectivity index (χ1) is 4.68. The fourth-order valence-corrected chi connectivity index (χ4v) is 2.76. The molecule has 1 unspecified atom stereocenters. The molecule has 0 heterocycles. The van der Waals surface area contributed by atoms with Gasteiger partial charge in [-0.05, 0) is 18.0 Å². The highest BCUT2D eigenvalue weighted by atomic mass is 35.6. The minimum atomic E-state index is -0.893. The second kappa shape index (κ2) is 6.50. The standard InChI is InChI=1S/C7H16Cl2Si/c1-7(2)10(9)6-4-3-5-8/h7,10H,3-6H2,1-2H3. The molecule has 3 heteroatoms. The number of halogens is 2. The highest BCUT2D eigenvalue weighted by molar-refractivity contribution is 7.07. The van der Waals surface area contributed by atoms with Gasteiger partial charge in [-0.25, -0.2) is 0 Å². The Morgan fingerprint density at radius 3 is 2.30 bits per heavy atom. The van der Waals surface area contributed by atoms with Gasteiger partial charge in [-0.2, -0.15) is 11.1 Å². The van der Waals surface area contributed by atoms with E-state index in [9.17, 15) is 0 Å². The predicted molar refractivity (Wildman–Crippen MR) is 52.9 cm³/mol. The molecule has 10 heavy (non-hydrogen) atoms. The summed E-state index contributed by atoms with van der Waals surface area (Å²) >= 11 is 11.7. The van der Waals surface area contributed by atoms with E-state index in [4.69, 9.17) is 22.7 Å². The van der Waals surface area contributed by atoms with Crippen molar-refractivity contribution < 1.29 is 0 Å². The van der Waals surface area contributed by atoms with Gasteiger partial charge >= 0.3 is 0 Å². The number of hydrogen-bond donors (Lipinski definition) is 0. The average molecular weight is 199 g/mol. The maximum absolute atomic E-state index is 6.15. The molecule has 0 aromatic rings. The molecular formula is C7H16Cl2Si. The van der Waals surface area contributed by atoms with Gasteiger partial charge in [0.2, 0.25) is 0 Å². The SMILES string of the molecule is CC(C)[SiH](Cl)CCCCCl. The van der Waals surface area contributed by atoms with E-state index in [1.807, 2.05) is 0 Å². The summed E-state index contributed by atoms with van der Waals surface area (Å²) in [6.45, 7) is 4.43. The van der Waals surface area contributed by atoms with Crippen LogP contribution in [-0.4, -0.2) is 14.0 Å². The number of alkyl halides is 1. The lowest BCUT2D eigenvalue weighted by Crippen LogP contribution is -2.07. The fourth-order valence-electron chi connectivity index (χ4n) is 0.767. The summed E-state index contributed by atoms with van der Waals surface area (Å²) in [5.74, 6) is 0.788. The predicted octanol–water partition coefficient (Wildman–Crippen LogP) is 3.38. The molecule has 0 aliphatic carbocycles. The van der Waals surface area contributed by atoms with E-state index in [0.717, 1.165) is 17.8 Å². The molecule has 0 N–H and O–H groups in total. The van der Waals surface area contributed by atoms with Crippen LogP contribution in [0.1, 0.15) is 26.7 Å². The molecule has 0 aliphatic rings. The first-order valence-corrected chi connectivity index (χ1v) is 7.65. The van der Waals surface area contributed by atoms with E-state index < -0.39 is 8.11 Å². The molecule has 1 atom stereocenters. The minimum absolute atomic E-state index is 0.733. The summed E-state index contributed by atoms with van der Waals surface area (Å²) < 4.78 is 0. The molecule has 0 fully saturated rings.